The largest absolute Gasteiger partial charge is 0.477 e. The molecule has 0 aliphatic heterocycles. The number of rotatable bonds is 5. The molecule has 1 heterocycles. The van der Waals surface area contributed by atoms with Crippen molar-refractivity contribution in [2.45, 2.75) is 20.0 Å². The second-order valence-corrected chi connectivity index (χ2v) is 5.75. The van der Waals surface area contributed by atoms with Gasteiger partial charge in [0.1, 0.15) is 17.1 Å². The van der Waals surface area contributed by atoms with Gasteiger partial charge >= 0.3 is 5.97 Å². The van der Waals surface area contributed by atoms with Gasteiger partial charge in [0.25, 0.3) is 0 Å². The van der Waals surface area contributed by atoms with Crippen molar-refractivity contribution in [3.05, 3.63) is 75.6 Å². The van der Waals surface area contributed by atoms with Crippen molar-refractivity contribution in [3.8, 4) is 0 Å². The van der Waals surface area contributed by atoms with E-state index in [0.717, 1.165) is 17.8 Å². The number of fused-ring (bicyclic) bond motifs is 1. The van der Waals surface area contributed by atoms with Crippen molar-refractivity contribution in [3.63, 3.8) is 0 Å². The van der Waals surface area contributed by atoms with Gasteiger partial charge in [-0.15, -0.1) is 0 Å². The standard InChI is InChI=1S/C19H16F2N2O3/c1-2-23-10-13(19(25)26)18(24)12-8-14(20)16(15(21)17(12)23)22-9-11-6-4-3-5-7-11/h3-8,10,22H,2,9H2,1H3,(H,25,26). The molecule has 0 radical (unpaired) electrons. The maximum Gasteiger partial charge on any atom is 0.341 e. The third-order valence-electron chi connectivity index (χ3n) is 4.14. The molecule has 0 aliphatic carbocycles. The Balaban J connectivity index is 2.16. The van der Waals surface area contributed by atoms with E-state index in [9.17, 15) is 18.4 Å². The van der Waals surface area contributed by atoms with Crippen LogP contribution in [0, 0.1) is 11.6 Å². The van der Waals surface area contributed by atoms with Crippen LogP contribution in [0.4, 0.5) is 14.5 Å². The molecule has 2 aromatic carbocycles. The number of carboxylic acids is 1. The van der Waals surface area contributed by atoms with E-state index in [0.29, 0.717) is 0 Å². The first kappa shape index (κ1) is 17.6. The molecule has 0 unspecified atom stereocenters. The van der Waals surface area contributed by atoms with Crippen LogP contribution in [0.15, 0.2) is 47.4 Å². The minimum Gasteiger partial charge on any atom is -0.477 e. The molecule has 1 aromatic heterocycles. The number of hydrogen-bond acceptors (Lipinski definition) is 3. The van der Waals surface area contributed by atoms with Gasteiger partial charge in [-0.05, 0) is 18.6 Å². The number of pyridine rings is 1. The lowest BCUT2D eigenvalue weighted by Gasteiger charge is -2.15. The second-order valence-electron chi connectivity index (χ2n) is 5.75. The Morgan fingerprint density at radius 3 is 2.54 bits per heavy atom. The van der Waals surface area contributed by atoms with Gasteiger partial charge in [-0.25, -0.2) is 13.6 Å². The summed E-state index contributed by atoms with van der Waals surface area (Å²) in [6.45, 7) is 2.09. The van der Waals surface area contributed by atoms with E-state index in [2.05, 4.69) is 5.32 Å². The number of carboxylic acid groups (broad SMARTS) is 1. The number of halogens is 2. The second kappa shape index (κ2) is 6.95. The van der Waals surface area contributed by atoms with Gasteiger partial charge in [0.15, 0.2) is 5.82 Å². The van der Waals surface area contributed by atoms with Gasteiger partial charge in [-0.3, -0.25) is 4.79 Å². The summed E-state index contributed by atoms with van der Waals surface area (Å²) in [6, 6.07) is 9.96. The van der Waals surface area contributed by atoms with Crippen LogP contribution in [-0.2, 0) is 13.1 Å². The first-order valence-electron chi connectivity index (χ1n) is 8.00. The summed E-state index contributed by atoms with van der Waals surface area (Å²) >= 11 is 0. The minimum atomic E-state index is -1.44. The summed E-state index contributed by atoms with van der Waals surface area (Å²) in [5.41, 5.74) is -1.08. The molecular formula is C19H16F2N2O3. The van der Waals surface area contributed by atoms with Crippen LogP contribution in [0.5, 0.6) is 0 Å². The number of anilines is 1. The number of aryl methyl sites for hydroxylation is 1. The number of hydrogen-bond donors (Lipinski definition) is 2. The van der Waals surface area contributed by atoms with Crippen LogP contribution < -0.4 is 10.7 Å². The van der Waals surface area contributed by atoms with E-state index in [1.54, 1.807) is 6.92 Å². The van der Waals surface area contributed by atoms with E-state index < -0.39 is 28.6 Å². The lowest BCUT2D eigenvalue weighted by molar-refractivity contribution is 0.0695. The number of aromatic nitrogens is 1. The zero-order valence-corrected chi connectivity index (χ0v) is 13.9. The third-order valence-corrected chi connectivity index (χ3v) is 4.14. The first-order chi connectivity index (χ1) is 12.4. The molecule has 0 spiro atoms. The Labute approximate surface area is 147 Å². The van der Waals surface area contributed by atoms with Crippen molar-refractivity contribution >= 4 is 22.6 Å². The fraction of sp³-hybridized carbons (Fsp3) is 0.158. The van der Waals surface area contributed by atoms with Crippen molar-refractivity contribution in [1.82, 2.24) is 4.57 Å². The topological polar surface area (TPSA) is 71.3 Å². The zero-order chi connectivity index (χ0) is 18.8. The van der Waals surface area contributed by atoms with Crippen LogP contribution in [0.3, 0.4) is 0 Å². The average Bonchev–Trinajstić information content (AvgIpc) is 2.63. The van der Waals surface area contributed by atoms with Crippen molar-refractivity contribution in [2.24, 2.45) is 0 Å². The highest BCUT2D eigenvalue weighted by atomic mass is 19.1. The molecule has 3 rings (SSSR count). The molecule has 5 nitrogen and oxygen atoms in total. The predicted molar refractivity (Wildman–Crippen MR) is 94.5 cm³/mol. The summed E-state index contributed by atoms with van der Waals surface area (Å²) in [4.78, 5) is 23.5. The molecule has 0 bridgehead atoms. The molecule has 134 valence electrons. The Kier molecular flexibility index (Phi) is 4.71. The fourth-order valence-corrected chi connectivity index (χ4v) is 2.84. The van der Waals surface area contributed by atoms with E-state index in [1.165, 1.54) is 4.57 Å². The molecule has 3 aromatic rings. The molecule has 0 fully saturated rings. The molecular weight excluding hydrogens is 342 g/mol. The zero-order valence-electron chi connectivity index (χ0n) is 13.9. The Morgan fingerprint density at radius 1 is 1.23 bits per heavy atom. The lowest BCUT2D eigenvalue weighted by atomic mass is 10.1. The van der Waals surface area contributed by atoms with Crippen molar-refractivity contribution in [1.29, 1.82) is 0 Å². The molecule has 26 heavy (non-hydrogen) atoms. The summed E-state index contributed by atoms with van der Waals surface area (Å²) < 4.78 is 30.7. The van der Waals surface area contributed by atoms with Crippen molar-refractivity contribution in [2.75, 3.05) is 5.32 Å². The highest BCUT2D eigenvalue weighted by Gasteiger charge is 2.21. The molecule has 0 amide bonds. The van der Waals surface area contributed by atoms with Crippen LogP contribution in [0.1, 0.15) is 22.8 Å². The van der Waals surface area contributed by atoms with E-state index in [-0.39, 0.29) is 29.7 Å². The Bertz CT molecular complexity index is 1050. The van der Waals surface area contributed by atoms with Gasteiger partial charge in [-0.1, -0.05) is 30.3 Å². The smallest absolute Gasteiger partial charge is 0.341 e. The number of benzene rings is 2. The highest BCUT2D eigenvalue weighted by molar-refractivity contribution is 5.93. The van der Waals surface area contributed by atoms with Crippen LogP contribution in [0.2, 0.25) is 0 Å². The number of carbonyl (C=O) groups is 1. The quantitative estimate of drug-likeness (QED) is 0.731. The molecule has 0 saturated heterocycles. The van der Waals surface area contributed by atoms with Gasteiger partial charge in [-0.2, -0.15) is 0 Å². The van der Waals surface area contributed by atoms with Gasteiger partial charge < -0.3 is 15.0 Å². The maximum atomic E-state index is 15.0. The van der Waals surface area contributed by atoms with E-state index in [4.69, 9.17) is 5.11 Å². The monoisotopic (exact) mass is 358 g/mol. The number of aromatic carboxylic acids is 1. The van der Waals surface area contributed by atoms with E-state index in [1.807, 2.05) is 30.3 Å². The van der Waals surface area contributed by atoms with Crippen LogP contribution in [0.25, 0.3) is 10.9 Å². The van der Waals surface area contributed by atoms with Gasteiger partial charge in [0.2, 0.25) is 5.43 Å². The number of nitrogens with zero attached hydrogens (tertiary/aromatic N) is 1. The maximum absolute atomic E-state index is 15.0. The highest BCUT2D eigenvalue weighted by Crippen LogP contribution is 2.27. The average molecular weight is 358 g/mol. The molecule has 0 atom stereocenters. The summed E-state index contributed by atoms with van der Waals surface area (Å²) in [6.07, 6.45) is 1.08. The Morgan fingerprint density at radius 2 is 1.92 bits per heavy atom. The lowest BCUT2D eigenvalue weighted by Crippen LogP contribution is -2.20. The SMILES string of the molecule is CCn1cc(C(=O)O)c(=O)c2cc(F)c(NCc3ccccc3)c(F)c21. The predicted octanol–water partition coefficient (Wildman–Crippen LogP) is 3.61. The van der Waals surface area contributed by atoms with Crippen LogP contribution >= 0.6 is 0 Å². The summed E-state index contributed by atoms with van der Waals surface area (Å²) in [5, 5.41) is 11.6. The third kappa shape index (κ3) is 3.03. The van der Waals surface area contributed by atoms with Gasteiger partial charge in [0.05, 0.1) is 10.9 Å². The van der Waals surface area contributed by atoms with E-state index >= 15 is 0 Å². The van der Waals surface area contributed by atoms with Crippen molar-refractivity contribution < 1.29 is 18.7 Å². The summed E-state index contributed by atoms with van der Waals surface area (Å²) in [5.74, 6) is -3.31. The minimum absolute atomic E-state index is 0.125. The normalized spacial score (nSPS) is 10.9. The van der Waals surface area contributed by atoms with Gasteiger partial charge in [0, 0.05) is 19.3 Å². The molecule has 0 aliphatic rings. The first-order valence-corrected chi connectivity index (χ1v) is 8.00. The fourth-order valence-electron chi connectivity index (χ4n) is 2.84. The number of nitrogens with one attached hydrogen (secondary N) is 1. The molecule has 2 N–H and O–H groups in total. The summed E-state index contributed by atoms with van der Waals surface area (Å²) in [7, 11) is 0. The molecule has 0 saturated carbocycles. The molecule has 7 heteroatoms. The van der Waals surface area contributed by atoms with Crippen LogP contribution in [-0.4, -0.2) is 15.6 Å². The Hall–Kier alpha value is -3.22.